The van der Waals surface area contributed by atoms with Crippen LogP contribution in [-0.2, 0) is 9.24 Å². The average molecular weight is 184 g/mol. The van der Waals surface area contributed by atoms with Crippen molar-refractivity contribution in [1.82, 2.24) is 4.31 Å². The molecule has 1 rings (SSSR count). The Kier molecular flexibility index (Phi) is 2.22. The molecule has 10 heavy (non-hydrogen) atoms. The van der Waals surface area contributed by atoms with Crippen molar-refractivity contribution in [3.05, 3.63) is 0 Å². The molecule has 1 unspecified atom stereocenters. The lowest BCUT2D eigenvalue weighted by atomic mass is 10.2. The van der Waals surface area contributed by atoms with Crippen molar-refractivity contribution in [1.29, 1.82) is 0 Å². The van der Waals surface area contributed by atoms with Crippen LogP contribution < -0.4 is 0 Å². The summed E-state index contributed by atoms with van der Waals surface area (Å²) in [4.78, 5) is 0. The van der Waals surface area contributed by atoms with Gasteiger partial charge in [0.25, 0.3) is 9.24 Å². The van der Waals surface area contributed by atoms with Crippen LogP contribution in [0.4, 0.5) is 0 Å². The highest BCUT2D eigenvalue weighted by atomic mass is 35.7. The van der Waals surface area contributed by atoms with Crippen LogP contribution in [0.3, 0.4) is 0 Å². The van der Waals surface area contributed by atoms with Gasteiger partial charge < -0.3 is 0 Å². The van der Waals surface area contributed by atoms with Gasteiger partial charge in [0.05, 0.1) is 0 Å². The van der Waals surface area contributed by atoms with Gasteiger partial charge in [-0.3, -0.25) is 0 Å². The number of hydrogen-bond acceptors (Lipinski definition) is 2. The van der Waals surface area contributed by atoms with Gasteiger partial charge in [0.2, 0.25) is 0 Å². The normalized spacial score (nSPS) is 29.2. The number of hydrogen-bond donors (Lipinski definition) is 0. The maximum atomic E-state index is 10.7. The molecule has 1 aliphatic heterocycles. The van der Waals surface area contributed by atoms with E-state index in [9.17, 15) is 8.42 Å². The summed E-state index contributed by atoms with van der Waals surface area (Å²) in [6, 6.07) is 0. The van der Waals surface area contributed by atoms with Gasteiger partial charge in [-0.2, -0.15) is 12.7 Å². The topological polar surface area (TPSA) is 37.4 Å². The third-order valence-corrected chi connectivity index (χ3v) is 3.23. The van der Waals surface area contributed by atoms with E-state index in [0.717, 1.165) is 6.42 Å². The fourth-order valence-corrected chi connectivity index (χ4v) is 2.22. The first-order valence-corrected chi connectivity index (χ1v) is 5.46. The van der Waals surface area contributed by atoms with Gasteiger partial charge in [-0.15, -0.1) is 0 Å². The maximum absolute atomic E-state index is 10.7. The summed E-state index contributed by atoms with van der Waals surface area (Å²) in [7, 11) is 1.67. The molecule has 0 aromatic rings. The van der Waals surface area contributed by atoms with Gasteiger partial charge in [-0.25, -0.2) is 0 Å². The molecule has 0 radical (unpaired) electrons. The van der Waals surface area contributed by atoms with Gasteiger partial charge >= 0.3 is 0 Å². The Hall–Kier alpha value is 0.200. The van der Waals surface area contributed by atoms with Crippen LogP contribution in [0.5, 0.6) is 0 Å². The zero-order valence-electron chi connectivity index (χ0n) is 5.75. The number of rotatable bonds is 1. The zero-order valence-corrected chi connectivity index (χ0v) is 7.32. The second-order valence-electron chi connectivity index (χ2n) is 2.69. The van der Waals surface area contributed by atoms with E-state index >= 15 is 0 Å². The van der Waals surface area contributed by atoms with E-state index < -0.39 is 9.24 Å². The van der Waals surface area contributed by atoms with E-state index in [4.69, 9.17) is 10.7 Å². The highest BCUT2D eigenvalue weighted by Crippen LogP contribution is 2.20. The quantitative estimate of drug-likeness (QED) is 0.565. The Balaban J connectivity index is 2.62. The molecule has 0 saturated carbocycles. The molecule has 0 amide bonds. The molecular formula is C5H10ClNO2S. The van der Waals surface area contributed by atoms with Crippen molar-refractivity contribution < 1.29 is 8.42 Å². The van der Waals surface area contributed by atoms with Crippen LogP contribution in [0, 0.1) is 5.92 Å². The summed E-state index contributed by atoms with van der Waals surface area (Å²) in [6.07, 6.45) is 0.923. The third kappa shape index (κ3) is 1.84. The molecule has 0 aliphatic carbocycles. The Bertz CT molecular complexity index is 214. The molecule has 5 heteroatoms. The molecule has 1 atom stereocenters. The molecule has 1 heterocycles. The summed E-state index contributed by atoms with van der Waals surface area (Å²) in [5.74, 6) is 0.452. The Morgan fingerprint density at radius 2 is 2.20 bits per heavy atom. The first kappa shape index (κ1) is 8.30. The monoisotopic (exact) mass is 183 g/mol. The molecule has 1 saturated heterocycles. The lowest BCUT2D eigenvalue weighted by molar-refractivity contribution is 0.477. The Labute approximate surface area is 65.5 Å². The van der Waals surface area contributed by atoms with Crippen LogP contribution in [0.1, 0.15) is 13.3 Å². The van der Waals surface area contributed by atoms with Crippen LogP contribution in [0.25, 0.3) is 0 Å². The van der Waals surface area contributed by atoms with E-state index in [1.165, 1.54) is 4.31 Å². The van der Waals surface area contributed by atoms with E-state index in [0.29, 0.717) is 19.0 Å². The largest absolute Gasteiger partial charge is 0.299 e. The average Bonchev–Trinajstić information content (AvgIpc) is 2.11. The van der Waals surface area contributed by atoms with Gasteiger partial charge in [0.15, 0.2) is 0 Å². The fraction of sp³-hybridized carbons (Fsp3) is 1.00. The predicted molar refractivity (Wildman–Crippen MR) is 40.1 cm³/mol. The Morgan fingerprint density at radius 3 is 2.40 bits per heavy atom. The van der Waals surface area contributed by atoms with Crippen LogP contribution >= 0.6 is 10.7 Å². The minimum atomic E-state index is -3.43. The van der Waals surface area contributed by atoms with E-state index in [-0.39, 0.29) is 0 Å². The fourth-order valence-electron chi connectivity index (χ4n) is 1.09. The Morgan fingerprint density at radius 1 is 1.60 bits per heavy atom. The molecule has 0 N–H and O–H groups in total. The van der Waals surface area contributed by atoms with E-state index in [1.54, 1.807) is 0 Å². The lowest BCUT2D eigenvalue weighted by Crippen LogP contribution is -2.23. The van der Waals surface area contributed by atoms with Crippen molar-refractivity contribution in [3.63, 3.8) is 0 Å². The van der Waals surface area contributed by atoms with Crippen molar-refractivity contribution in [2.45, 2.75) is 13.3 Å². The first-order chi connectivity index (χ1) is 4.50. The highest BCUT2D eigenvalue weighted by molar-refractivity contribution is 8.11. The molecule has 0 bridgehead atoms. The van der Waals surface area contributed by atoms with E-state index in [2.05, 4.69) is 0 Å². The second kappa shape index (κ2) is 2.68. The van der Waals surface area contributed by atoms with Gasteiger partial charge in [-0.05, 0) is 12.3 Å². The number of halogens is 1. The third-order valence-electron chi connectivity index (χ3n) is 1.70. The van der Waals surface area contributed by atoms with Crippen LogP contribution in [0.2, 0.25) is 0 Å². The summed E-state index contributed by atoms with van der Waals surface area (Å²) >= 11 is 0. The van der Waals surface area contributed by atoms with Crippen molar-refractivity contribution in [2.24, 2.45) is 5.92 Å². The lowest BCUT2D eigenvalue weighted by Gasteiger charge is -2.08. The van der Waals surface area contributed by atoms with Crippen molar-refractivity contribution in [3.8, 4) is 0 Å². The molecule has 0 aromatic heterocycles. The molecule has 60 valence electrons. The molecule has 0 spiro atoms. The van der Waals surface area contributed by atoms with Crippen molar-refractivity contribution >= 4 is 19.9 Å². The molecule has 0 aromatic carbocycles. The first-order valence-electron chi connectivity index (χ1n) is 3.20. The summed E-state index contributed by atoms with van der Waals surface area (Å²) in [6.45, 7) is 3.17. The minimum absolute atomic E-state index is 0.452. The van der Waals surface area contributed by atoms with Gasteiger partial charge in [0.1, 0.15) is 0 Å². The van der Waals surface area contributed by atoms with Gasteiger partial charge in [-0.1, -0.05) is 6.92 Å². The predicted octanol–water partition coefficient (Wildman–Crippen LogP) is 0.812. The molecule has 1 aliphatic rings. The molecular weight excluding hydrogens is 174 g/mol. The second-order valence-corrected chi connectivity index (χ2v) is 5.20. The van der Waals surface area contributed by atoms with Crippen LogP contribution in [-0.4, -0.2) is 25.8 Å². The highest BCUT2D eigenvalue weighted by Gasteiger charge is 2.26. The standard InChI is InChI=1S/C5H10ClNO2S/c1-5-2-3-7(4-5)10(6,8)9/h5H,2-4H2,1H3. The summed E-state index contributed by atoms with van der Waals surface area (Å²) < 4.78 is 22.6. The van der Waals surface area contributed by atoms with Crippen LogP contribution in [0.15, 0.2) is 0 Å². The number of nitrogens with zero attached hydrogens (tertiary/aromatic N) is 1. The SMILES string of the molecule is CC1CCN(S(=O)(=O)Cl)C1. The smallest absolute Gasteiger partial charge is 0.195 e. The molecule has 1 fully saturated rings. The maximum Gasteiger partial charge on any atom is 0.299 e. The minimum Gasteiger partial charge on any atom is -0.195 e. The summed E-state index contributed by atoms with van der Waals surface area (Å²) in [5, 5.41) is 0. The van der Waals surface area contributed by atoms with Crippen molar-refractivity contribution in [2.75, 3.05) is 13.1 Å². The summed E-state index contributed by atoms with van der Waals surface area (Å²) in [5.41, 5.74) is 0. The van der Waals surface area contributed by atoms with E-state index in [1.807, 2.05) is 6.92 Å². The molecule has 3 nitrogen and oxygen atoms in total. The van der Waals surface area contributed by atoms with Gasteiger partial charge in [0, 0.05) is 23.8 Å². The zero-order chi connectivity index (χ0) is 7.78.